The maximum absolute atomic E-state index is 12.7. The Bertz CT molecular complexity index is 743. The van der Waals surface area contributed by atoms with Crippen LogP contribution < -0.4 is 4.90 Å². The molecule has 0 bridgehead atoms. The van der Waals surface area contributed by atoms with E-state index in [1.54, 1.807) is 0 Å². The summed E-state index contributed by atoms with van der Waals surface area (Å²) in [7, 11) is 0. The summed E-state index contributed by atoms with van der Waals surface area (Å²) in [5.41, 5.74) is 2.05. The van der Waals surface area contributed by atoms with E-state index in [9.17, 15) is 4.79 Å². The van der Waals surface area contributed by atoms with Crippen molar-refractivity contribution in [2.24, 2.45) is 5.92 Å². The van der Waals surface area contributed by atoms with Gasteiger partial charge in [0.25, 0.3) is 0 Å². The van der Waals surface area contributed by atoms with Crippen LogP contribution in [0.25, 0.3) is 11.3 Å². The normalized spacial score (nSPS) is 19.0. The van der Waals surface area contributed by atoms with Gasteiger partial charge in [-0.15, -0.1) is 0 Å². The van der Waals surface area contributed by atoms with E-state index in [1.807, 2.05) is 24.3 Å². The van der Waals surface area contributed by atoms with Gasteiger partial charge in [0.2, 0.25) is 5.91 Å². The molecule has 2 aliphatic rings. The van der Waals surface area contributed by atoms with Crippen LogP contribution in [-0.4, -0.2) is 47.2 Å². The Hall–Kier alpha value is -2.01. The van der Waals surface area contributed by atoms with Gasteiger partial charge in [0.1, 0.15) is 0 Å². The first-order valence-corrected chi connectivity index (χ1v) is 9.93. The highest BCUT2D eigenvalue weighted by Crippen LogP contribution is 2.27. The first-order chi connectivity index (χ1) is 12.7. The number of aromatic amines is 1. The molecule has 1 N–H and O–H groups in total. The van der Waals surface area contributed by atoms with Gasteiger partial charge < -0.3 is 9.80 Å². The third-order valence-electron chi connectivity index (χ3n) is 5.59. The summed E-state index contributed by atoms with van der Waals surface area (Å²) < 4.78 is 0. The summed E-state index contributed by atoms with van der Waals surface area (Å²) in [4.78, 5) is 17.0. The molecule has 2 heterocycles. The summed E-state index contributed by atoms with van der Waals surface area (Å²) in [6.45, 7) is 3.25. The number of hydrogen-bond acceptors (Lipinski definition) is 3. The van der Waals surface area contributed by atoms with E-state index >= 15 is 0 Å². The summed E-state index contributed by atoms with van der Waals surface area (Å²) in [5.74, 6) is 1.57. The number of amides is 1. The van der Waals surface area contributed by atoms with E-state index in [2.05, 4.69) is 26.1 Å². The molecule has 4 rings (SSSR count). The van der Waals surface area contributed by atoms with E-state index in [-0.39, 0.29) is 5.92 Å². The summed E-state index contributed by atoms with van der Waals surface area (Å²) in [6.07, 6.45) is 5.84. The minimum atomic E-state index is 0.261. The summed E-state index contributed by atoms with van der Waals surface area (Å²) in [5, 5.41) is 8.30. The molecule has 26 heavy (non-hydrogen) atoms. The zero-order valence-electron chi connectivity index (χ0n) is 15.0. The molecule has 1 amide bonds. The topological polar surface area (TPSA) is 52.2 Å². The van der Waals surface area contributed by atoms with Gasteiger partial charge in [-0.3, -0.25) is 9.89 Å². The molecule has 6 heteroatoms. The van der Waals surface area contributed by atoms with Crippen LogP contribution in [0.1, 0.15) is 32.1 Å². The smallest absolute Gasteiger partial charge is 0.225 e. The number of anilines is 1. The predicted octanol–water partition coefficient (Wildman–Crippen LogP) is 3.96. The number of carbonyl (C=O) groups excluding carboxylic acids is 1. The lowest BCUT2D eigenvalue weighted by Crippen LogP contribution is -2.50. The molecule has 1 saturated carbocycles. The maximum Gasteiger partial charge on any atom is 0.225 e. The van der Waals surface area contributed by atoms with E-state index < -0.39 is 0 Å². The SMILES string of the molecule is O=C(C1CCCCC1)N1CCN(c2cc(-c3ccc(Cl)cc3)[nH]n2)CC1. The third-order valence-corrected chi connectivity index (χ3v) is 5.84. The minimum Gasteiger partial charge on any atom is -0.352 e. The van der Waals surface area contributed by atoms with Crippen molar-refractivity contribution in [1.82, 2.24) is 15.1 Å². The molecular formula is C20H25ClN4O. The highest BCUT2D eigenvalue weighted by molar-refractivity contribution is 6.30. The number of nitrogens with one attached hydrogen (secondary N) is 1. The minimum absolute atomic E-state index is 0.261. The third kappa shape index (κ3) is 3.73. The first-order valence-electron chi connectivity index (χ1n) is 9.56. The van der Waals surface area contributed by atoms with Gasteiger partial charge in [0.05, 0.1) is 5.69 Å². The van der Waals surface area contributed by atoms with E-state index in [1.165, 1.54) is 19.3 Å². The number of halogens is 1. The molecular weight excluding hydrogens is 348 g/mol. The first kappa shape index (κ1) is 17.4. The second-order valence-corrected chi connectivity index (χ2v) is 7.73. The molecule has 5 nitrogen and oxygen atoms in total. The van der Waals surface area contributed by atoms with E-state index in [4.69, 9.17) is 11.6 Å². The van der Waals surface area contributed by atoms with Gasteiger partial charge in [0, 0.05) is 43.2 Å². The number of hydrogen-bond donors (Lipinski definition) is 1. The molecule has 0 spiro atoms. The number of nitrogens with zero attached hydrogens (tertiary/aromatic N) is 3. The van der Waals surface area contributed by atoms with Crippen molar-refractivity contribution in [1.29, 1.82) is 0 Å². The van der Waals surface area contributed by atoms with Gasteiger partial charge in [-0.25, -0.2) is 0 Å². The Morgan fingerprint density at radius 3 is 2.42 bits per heavy atom. The summed E-state index contributed by atoms with van der Waals surface area (Å²) >= 11 is 5.96. The molecule has 1 aliphatic heterocycles. The molecule has 0 unspecified atom stereocenters. The summed E-state index contributed by atoms with van der Waals surface area (Å²) in [6, 6.07) is 9.81. The number of piperazine rings is 1. The van der Waals surface area contributed by atoms with Crippen LogP contribution in [0.15, 0.2) is 30.3 Å². The number of rotatable bonds is 3. The molecule has 0 atom stereocenters. The molecule has 1 aromatic carbocycles. The van der Waals surface area contributed by atoms with Crippen LogP contribution >= 0.6 is 11.6 Å². The van der Waals surface area contributed by atoms with Gasteiger partial charge in [-0.05, 0) is 30.5 Å². The van der Waals surface area contributed by atoms with Gasteiger partial charge in [0.15, 0.2) is 5.82 Å². The lowest BCUT2D eigenvalue weighted by atomic mass is 9.88. The Balaban J connectivity index is 1.36. The molecule has 2 fully saturated rings. The second-order valence-electron chi connectivity index (χ2n) is 7.29. The quantitative estimate of drug-likeness (QED) is 0.887. The fraction of sp³-hybridized carbons (Fsp3) is 0.500. The van der Waals surface area contributed by atoms with E-state index in [0.717, 1.165) is 61.1 Å². The number of carbonyl (C=O) groups is 1. The Labute approximate surface area is 159 Å². The van der Waals surface area contributed by atoms with Crippen molar-refractivity contribution in [2.75, 3.05) is 31.1 Å². The molecule has 0 radical (unpaired) electrons. The van der Waals surface area contributed by atoms with Crippen molar-refractivity contribution in [3.63, 3.8) is 0 Å². The highest BCUT2D eigenvalue weighted by Gasteiger charge is 2.29. The van der Waals surface area contributed by atoms with Crippen LogP contribution in [0.5, 0.6) is 0 Å². The predicted molar refractivity (Wildman–Crippen MR) is 104 cm³/mol. The maximum atomic E-state index is 12.7. The molecule has 1 aromatic heterocycles. The monoisotopic (exact) mass is 372 g/mol. The zero-order valence-corrected chi connectivity index (χ0v) is 15.7. The van der Waals surface area contributed by atoms with Crippen molar-refractivity contribution in [2.45, 2.75) is 32.1 Å². The zero-order chi connectivity index (χ0) is 17.9. The van der Waals surface area contributed by atoms with Crippen LogP contribution in [0, 0.1) is 5.92 Å². The Morgan fingerprint density at radius 2 is 1.73 bits per heavy atom. The largest absolute Gasteiger partial charge is 0.352 e. The average molecular weight is 373 g/mol. The van der Waals surface area contributed by atoms with Crippen LogP contribution in [0.2, 0.25) is 5.02 Å². The molecule has 138 valence electrons. The van der Waals surface area contributed by atoms with E-state index in [0.29, 0.717) is 5.91 Å². The fourth-order valence-corrected chi connectivity index (χ4v) is 4.14. The standard InChI is InChI=1S/C20H25ClN4O/c21-17-8-6-15(7-9-17)18-14-19(23-22-18)24-10-12-25(13-11-24)20(26)16-4-2-1-3-5-16/h6-9,14,16H,1-5,10-13H2,(H,22,23). The fourth-order valence-electron chi connectivity index (χ4n) is 4.01. The lowest BCUT2D eigenvalue weighted by Gasteiger charge is -2.37. The van der Waals surface area contributed by atoms with Crippen LogP contribution in [0.3, 0.4) is 0 Å². The lowest BCUT2D eigenvalue weighted by molar-refractivity contribution is -0.136. The van der Waals surface area contributed by atoms with Crippen molar-refractivity contribution >= 4 is 23.3 Å². The Kier molecular flexibility index (Phi) is 5.16. The van der Waals surface area contributed by atoms with Crippen molar-refractivity contribution in [3.05, 3.63) is 35.4 Å². The molecule has 1 aliphatic carbocycles. The molecule has 1 saturated heterocycles. The average Bonchev–Trinajstić information content (AvgIpc) is 3.19. The number of benzene rings is 1. The van der Waals surface area contributed by atoms with Crippen molar-refractivity contribution < 1.29 is 4.79 Å². The number of aromatic nitrogens is 2. The van der Waals surface area contributed by atoms with Gasteiger partial charge in [-0.2, -0.15) is 5.10 Å². The van der Waals surface area contributed by atoms with Crippen molar-refractivity contribution in [3.8, 4) is 11.3 Å². The Morgan fingerprint density at radius 1 is 1.04 bits per heavy atom. The van der Waals surface area contributed by atoms with Gasteiger partial charge >= 0.3 is 0 Å². The molecule has 2 aromatic rings. The van der Waals surface area contributed by atoms with Crippen LogP contribution in [0.4, 0.5) is 5.82 Å². The number of H-pyrrole nitrogens is 1. The van der Waals surface area contributed by atoms with Crippen LogP contribution in [-0.2, 0) is 4.79 Å². The van der Waals surface area contributed by atoms with Gasteiger partial charge in [-0.1, -0.05) is 43.0 Å². The second kappa shape index (κ2) is 7.70. The highest BCUT2D eigenvalue weighted by atomic mass is 35.5.